The van der Waals surface area contributed by atoms with E-state index in [-0.39, 0.29) is 18.1 Å². The van der Waals surface area contributed by atoms with E-state index < -0.39 is 0 Å². The Kier molecular flexibility index (Phi) is 5.60. The number of aryl methyl sites for hydroxylation is 1. The fourth-order valence-electron chi connectivity index (χ4n) is 2.46. The van der Waals surface area contributed by atoms with Gasteiger partial charge in [0.2, 0.25) is 0 Å². The van der Waals surface area contributed by atoms with Crippen molar-refractivity contribution >= 4 is 18.1 Å². The molecule has 0 saturated carbocycles. The number of hydrogen-bond donors (Lipinski definition) is 3. The van der Waals surface area contributed by atoms with Crippen molar-refractivity contribution < 1.29 is 19.1 Å². The summed E-state index contributed by atoms with van der Waals surface area (Å²) >= 11 is 0. The second kappa shape index (κ2) is 8.45. The first-order valence-electron chi connectivity index (χ1n) is 8.05. The third kappa shape index (κ3) is 4.12. The molecule has 0 atom stereocenters. The molecule has 1 amide bonds. The van der Waals surface area contributed by atoms with Crippen molar-refractivity contribution in [3.05, 3.63) is 60.9 Å². The molecule has 0 bridgehead atoms. The Morgan fingerprint density at radius 2 is 2.14 bits per heavy atom. The van der Waals surface area contributed by atoms with Crippen LogP contribution in [0.1, 0.15) is 10.6 Å². The highest BCUT2D eigenvalue weighted by molar-refractivity contribution is 6.04. The van der Waals surface area contributed by atoms with E-state index in [2.05, 4.69) is 25.6 Å². The zero-order chi connectivity index (χ0) is 19.9. The SMILES string of the molecule is Cn1cc(NC(=O)c2ccc(-c3cn[nH]c3)o2)c(-c2ccccn2)n1.O=CO. The number of carbonyl (C=O) groups is 2. The quantitative estimate of drug-likeness (QED) is 0.462. The maximum atomic E-state index is 12.5. The Morgan fingerprint density at radius 3 is 2.82 bits per heavy atom. The van der Waals surface area contributed by atoms with Crippen LogP contribution in [0.4, 0.5) is 5.69 Å². The van der Waals surface area contributed by atoms with Gasteiger partial charge in [-0.05, 0) is 24.3 Å². The zero-order valence-electron chi connectivity index (χ0n) is 14.7. The largest absolute Gasteiger partial charge is 0.483 e. The van der Waals surface area contributed by atoms with E-state index in [0.29, 0.717) is 22.8 Å². The summed E-state index contributed by atoms with van der Waals surface area (Å²) in [6, 6.07) is 8.87. The van der Waals surface area contributed by atoms with Crippen LogP contribution in [0, 0.1) is 0 Å². The summed E-state index contributed by atoms with van der Waals surface area (Å²) in [5.41, 5.74) is 2.61. The maximum Gasteiger partial charge on any atom is 0.291 e. The molecule has 10 heteroatoms. The Labute approximate surface area is 158 Å². The molecular formula is C18H16N6O4. The summed E-state index contributed by atoms with van der Waals surface area (Å²) in [5, 5.41) is 20.7. The smallest absolute Gasteiger partial charge is 0.291 e. The highest BCUT2D eigenvalue weighted by Gasteiger charge is 2.17. The fraction of sp³-hybridized carbons (Fsp3) is 0.0556. The minimum absolute atomic E-state index is 0.201. The van der Waals surface area contributed by atoms with E-state index in [0.717, 1.165) is 5.56 Å². The molecule has 142 valence electrons. The van der Waals surface area contributed by atoms with E-state index in [9.17, 15) is 4.79 Å². The predicted octanol–water partition coefficient (Wildman–Crippen LogP) is 2.42. The van der Waals surface area contributed by atoms with Gasteiger partial charge < -0.3 is 14.8 Å². The van der Waals surface area contributed by atoms with Gasteiger partial charge in [-0.25, -0.2) is 0 Å². The molecule has 0 aliphatic heterocycles. The zero-order valence-corrected chi connectivity index (χ0v) is 14.7. The van der Waals surface area contributed by atoms with E-state index in [1.54, 1.807) is 48.6 Å². The Hall–Kier alpha value is -4.21. The van der Waals surface area contributed by atoms with Gasteiger partial charge in [0.25, 0.3) is 12.4 Å². The third-order valence-corrected chi connectivity index (χ3v) is 3.60. The third-order valence-electron chi connectivity index (χ3n) is 3.60. The molecule has 0 aromatic carbocycles. The van der Waals surface area contributed by atoms with Crippen molar-refractivity contribution in [2.24, 2.45) is 7.05 Å². The molecule has 4 aromatic heterocycles. The number of nitrogens with one attached hydrogen (secondary N) is 2. The molecule has 0 saturated heterocycles. The van der Waals surface area contributed by atoms with E-state index in [1.165, 1.54) is 0 Å². The number of aromatic amines is 1. The average molecular weight is 380 g/mol. The summed E-state index contributed by atoms with van der Waals surface area (Å²) in [6.07, 6.45) is 6.72. The highest BCUT2D eigenvalue weighted by Crippen LogP contribution is 2.26. The molecule has 0 unspecified atom stereocenters. The molecule has 28 heavy (non-hydrogen) atoms. The lowest BCUT2D eigenvalue weighted by Crippen LogP contribution is -2.11. The number of amides is 1. The molecule has 4 heterocycles. The van der Waals surface area contributed by atoms with Crippen LogP contribution in [0.15, 0.2) is 59.5 Å². The van der Waals surface area contributed by atoms with Crippen molar-refractivity contribution in [1.82, 2.24) is 25.0 Å². The monoisotopic (exact) mass is 380 g/mol. The molecule has 10 nitrogen and oxygen atoms in total. The molecular weight excluding hydrogens is 364 g/mol. The van der Waals surface area contributed by atoms with E-state index >= 15 is 0 Å². The van der Waals surface area contributed by atoms with Crippen molar-refractivity contribution in [3.8, 4) is 22.7 Å². The Balaban J connectivity index is 0.000000706. The molecule has 0 fully saturated rings. The number of aromatic nitrogens is 5. The molecule has 0 aliphatic rings. The number of carbonyl (C=O) groups excluding carboxylic acids is 1. The molecule has 4 rings (SSSR count). The minimum atomic E-state index is -0.361. The lowest BCUT2D eigenvalue weighted by atomic mass is 10.2. The first-order chi connectivity index (χ1) is 13.6. The second-order valence-electron chi connectivity index (χ2n) is 5.49. The van der Waals surface area contributed by atoms with Crippen LogP contribution >= 0.6 is 0 Å². The summed E-state index contributed by atoms with van der Waals surface area (Å²) in [7, 11) is 1.78. The summed E-state index contributed by atoms with van der Waals surface area (Å²) in [6.45, 7) is -0.250. The van der Waals surface area contributed by atoms with Crippen LogP contribution in [0.2, 0.25) is 0 Å². The normalized spacial score (nSPS) is 10.0. The fourth-order valence-corrected chi connectivity index (χ4v) is 2.46. The van der Waals surface area contributed by atoms with Crippen LogP contribution in [-0.2, 0) is 11.8 Å². The van der Waals surface area contributed by atoms with Crippen LogP contribution in [0.5, 0.6) is 0 Å². The molecule has 0 spiro atoms. The van der Waals surface area contributed by atoms with Gasteiger partial charge in [0.15, 0.2) is 5.76 Å². The van der Waals surface area contributed by atoms with Gasteiger partial charge in [-0.15, -0.1) is 0 Å². The number of carboxylic acid groups (broad SMARTS) is 1. The van der Waals surface area contributed by atoms with Gasteiger partial charge in [-0.1, -0.05) is 6.07 Å². The Bertz CT molecular complexity index is 1050. The van der Waals surface area contributed by atoms with Gasteiger partial charge in [0.1, 0.15) is 11.5 Å². The van der Waals surface area contributed by atoms with Gasteiger partial charge in [0, 0.05) is 25.6 Å². The maximum absolute atomic E-state index is 12.5. The number of hydrogen-bond acceptors (Lipinski definition) is 6. The average Bonchev–Trinajstić information content (AvgIpc) is 3.43. The first-order valence-corrected chi connectivity index (χ1v) is 8.05. The van der Waals surface area contributed by atoms with Crippen LogP contribution in [0.3, 0.4) is 0 Å². The number of nitrogens with zero attached hydrogens (tertiary/aromatic N) is 4. The molecule has 3 N–H and O–H groups in total. The minimum Gasteiger partial charge on any atom is -0.483 e. The Morgan fingerprint density at radius 1 is 1.32 bits per heavy atom. The van der Waals surface area contributed by atoms with Crippen molar-refractivity contribution in [2.75, 3.05) is 5.32 Å². The van der Waals surface area contributed by atoms with E-state index in [4.69, 9.17) is 14.3 Å². The lowest BCUT2D eigenvalue weighted by Gasteiger charge is -2.03. The molecule has 4 aromatic rings. The number of anilines is 1. The van der Waals surface area contributed by atoms with Crippen LogP contribution in [-0.4, -0.2) is 42.4 Å². The second-order valence-corrected chi connectivity index (χ2v) is 5.49. The van der Waals surface area contributed by atoms with Crippen molar-refractivity contribution in [2.45, 2.75) is 0 Å². The number of rotatable bonds is 4. The summed E-state index contributed by atoms with van der Waals surface area (Å²) in [4.78, 5) is 25.1. The standard InChI is InChI=1S/C17H14N6O2.CH2O2/c1-23-10-13(16(22-23)12-4-2-3-7-18-12)21-17(24)15-6-5-14(25-15)11-8-19-20-9-11;2-1-3/h2-10H,1H3,(H,19,20)(H,21,24);1H,(H,2,3). The summed E-state index contributed by atoms with van der Waals surface area (Å²) in [5.74, 6) is 0.405. The highest BCUT2D eigenvalue weighted by atomic mass is 16.4. The van der Waals surface area contributed by atoms with Crippen LogP contribution < -0.4 is 5.32 Å². The van der Waals surface area contributed by atoms with Gasteiger partial charge in [0.05, 0.1) is 23.1 Å². The van der Waals surface area contributed by atoms with Crippen molar-refractivity contribution in [3.63, 3.8) is 0 Å². The predicted molar refractivity (Wildman–Crippen MR) is 99.4 cm³/mol. The van der Waals surface area contributed by atoms with Crippen molar-refractivity contribution in [1.29, 1.82) is 0 Å². The van der Waals surface area contributed by atoms with Gasteiger partial charge >= 0.3 is 0 Å². The lowest BCUT2D eigenvalue weighted by molar-refractivity contribution is -0.122. The number of furan rings is 1. The topological polar surface area (TPSA) is 139 Å². The van der Waals surface area contributed by atoms with Crippen LogP contribution in [0.25, 0.3) is 22.7 Å². The molecule has 0 radical (unpaired) electrons. The van der Waals surface area contributed by atoms with Gasteiger partial charge in [-0.3, -0.25) is 24.4 Å². The molecule has 0 aliphatic carbocycles. The summed E-state index contributed by atoms with van der Waals surface area (Å²) < 4.78 is 7.22. The van der Waals surface area contributed by atoms with E-state index in [1.807, 2.05) is 18.2 Å². The first kappa shape index (κ1) is 18.6. The number of H-pyrrole nitrogens is 1. The number of pyridine rings is 1. The van der Waals surface area contributed by atoms with Gasteiger partial charge in [-0.2, -0.15) is 10.2 Å².